The maximum atomic E-state index is 14.6. The third kappa shape index (κ3) is 3.75. The SMILES string of the molecule is Cc1c(C)c(C)c(Cc2c3n(c4c(=O)oc5c(C)c(C)c(C)c(C)c5c24)C(C)(C)C(C)(C)c2c(C)c(C)c(C)c(C)c2-3)c(C)c1C. The first-order valence-electron chi connectivity index (χ1n) is 17.0. The fraction of sp³-hybridized carbons (Fsp3) is 0.465. The zero-order valence-electron chi connectivity index (χ0n) is 31.5. The molecule has 0 aliphatic carbocycles. The molecule has 0 atom stereocenters. The van der Waals surface area contributed by atoms with Crippen molar-refractivity contribution in [1.29, 1.82) is 0 Å². The van der Waals surface area contributed by atoms with Crippen molar-refractivity contribution in [3.05, 3.63) is 99.4 Å². The highest BCUT2D eigenvalue weighted by atomic mass is 16.4. The average Bonchev–Trinajstić information content (AvgIpc) is 3.34. The number of benzene rings is 3. The quantitative estimate of drug-likeness (QED) is 0.185. The number of aromatic nitrogens is 1. The molecular weight excluding hydrogens is 562 g/mol. The van der Waals surface area contributed by atoms with Crippen LogP contribution in [0, 0.1) is 90.0 Å². The molecule has 1 aliphatic heterocycles. The van der Waals surface area contributed by atoms with Crippen LogP contribution in [-0.4, -0.2) is 4.57 Å². The van der Waals surface area contributed by atoms with Crippen LogP contribution in [-0.2, 0) is 17.4 Å². The summed E-state index contributed by atoms with van der Waals surface area (Å²) in [4.78, 5) is 14.6. The van der Waals surface area contributed by atoms with Crippen LogP contribution in [0.5, 0.6) is 0 Å². The lowest BCUT2D eigenvalue weighted by atomic mass is 9.62. The second kappa shape index (κ2) is 9.96. The molecule has 0 spiro atoms. The fourth-order valence-corrected chi connectivity index (χ4v) is 8.92. The van der Waals surface area contributed by atoms with E-state index in [1.54, 1.807) is 0 Å². The van der Waals surface area contributed by atoms with E-state index in [9.17, 15) is 4.79 Å². The summed E-state index contributed by atoms with van der Waals surface area (Å²) < 4.78 is 8.84. The Balaban J connectivity index is 1.99. The predicted molar refractivity (Wildman–Crippen MR) is 197 cm³/mol. The second-order valence-corrected chi connectivity index (χ2v) is 15.7. The van der Waals surface area contributed by atoms with E-state index in [1.165, 1.54) is 94.7 Å². The van der Waals surface area contributed by atoms with Gasteiger partial charge in [-0.05, 0) is 193 Å². The van der Waals surface area contributed by atoms with Crippen LogP contribution in [0.4, 0.5) is 0 Å². The van der Waals surface area contributed by atoms with Crippen molar-refractivity contribution in [3.8, 4) is 11.3 Å². The molecule has 6 rings (SSSR count). The highest BCUT2D eigenvalue weighted by molar-refractivity contribution is 6.12. The van der Waals surface area contributed by atoms with E-state index in [0.29, 0.717) is 5.52 Å². The highest BCUT2D eigenvalue weighted by Gasteiger charge is 2.50. The zero-order valence-corrected chi connectivity index (χ0v) is 31.5. The number of nitrogens with zero attached hydrogens (tertiary/aromatic N) is 1. The first-order valence-corrected chi connectivity index (χ1v) is 17.0. The summed E-state index contributed by atoms with van der Waals surface area (Å²) >= 11 is 0. The van der Waals surface area contributed by atoms with Crippen molar-refractivity contribution in [1.82, 2.24) is 4.57 Å². The Morgan fingerprint density at radius 2 is 0.978 bits per heavy atom. The molecule has 0 bridgehead atoms. The van der Waals surface area contributed by atoms with Crippen LogP contribution in [0.2, 0.25) is 0 Å². The normalized spacial score (nSPS) is 15.2. The first kappa shape index (κ1) is 32.4. The maximum absolute atomic E-state index is 14.6. The molecule has 3 nitrogen and oxygen atoms in total. The van der Waals surface area contributed by atoms with Gasteiger partial charge < -0.3 is 8.98 Å². The molecule has 0 fully saturated rings. The van der Waals surface area contributed by atoms with Crippen molar-refractivity contribution in [2.24, 2.45) is 0 Å². The molecule has 46 heavy (non-hydrogen) atoms. The molecule has 0 unspecified atom stereocenters. The lowest BCUT2D eigenvalue weighted by Crippen LogP contribution is -2.49. The number of fused-ring (bicyclic) bond motifs is 7. The molecule has 0 saturated heterocycles. The molecule has 0 saturated carbocycles. The van der Waals surface area contributed by atoms with E-state index >= 15 is 0 Å². The third-order valence-electron chi connectivity index (χ3n) is 13.7. The molecule has 0 N–H and O–H groups in total. The summed E-state index contributed by atoms with van der Waals surface area (Å²) in [5, 5.41) is 2.17. The van der Waals surface area contributed by atoms with Gasteiger partial charge in [0.15, 0.2) is 0 Å². The molecule has 2 aromatic heterocycles. The first-order chi connectivity index (χ1) is 21.2. The molecular formula is C43H53NO2. The zero-order chi connectivity index (χ0) is 34.3. The van der Waals surface area contributed by atoms with Gasteiger partial charge in [0.2, 0.25) is 0 Å². The minimum Gasteiger partial charge on any atom is -0.421 e. The minimum atomic E-state index is -0.418. The Morgan fingerprint density at radius 1 is 0.522 bits per heavy atom. The standard InChI is InChI=1S/C43H53NO2/c1-19-20(2)26(8)32(27(9)21(19)3)18-33-36-34-28(10)23(5)25(7)31(13)40(34)46-41(45)39(36)44-38(33)35-29(11)22(4)24(6)30(12)37(35)42(14,15)43(44,16)17/h18H2,1-17H3. The smallest absolute Gasteiger partial charge is 0.361 e. The van der Waals surface area contributed by atoms with Gasteiger partial charge in [0, 0.05) is 33.7 Å². The molecule has 5 aromatic rings. The van der Waals surface area contributed by atoms with Crippen LogP contribution in [0.25, 0.3) is 33.1 Å². The van der Waals surface area contributed by atoms with E-state index in [0.717, 1.165) is 28.3 Å². The van der Waals surface area contributed by atoms with Gasteiger partial charge >= 0.3 is 5.63 Å². The summed E-state index contributed by atoms with van der Waals surface area (Å²) in [5.41, 5.74) is 23.9. The summed E-state index contributed by atoms with van der Waals surface area (Å²) in [7, 11) is 0. The van der Waals surface area contributed by atoms with Crippen molar-refractivity contribution < 1.29 is 4.42 Å². The number of hydrogen-bond acceptors (Lipinski definition) is 2. The van der Waals surface area contributed by atoms with Crippen LogP contribution in [0.1, 0.15) is 117 Å². The van der Waals surface area contributed by atoms with E-state index in [4.69, 9.17) is 4.42 Å². The number of rotatable bonds is 2. The molecule has 3 heteroatoms. The molecule has 242 valence electrons. The highest BCUT2D eigenvalue weighted by Crippen LogP contribution is 2.57. The third-order valence-corrected chi connectivity index (χ3v) is 13.7. The Bertz CT molecular complexity index is 2230. The predicted octanol–water partition coefficient (Wildman–Crippen LogP) is 11.0. The van der Waals surface area contributed by atoms with Crippen LogP contribution in [0.3, 0.4) is 0 Å². The number of aryl methyl sites for hydroxylation is 2. The maximum Gasteiger partial charge on any atom is 0.361 e. The van der Waals surface area contributed by atoms with Crippen molar-refractivity contribution in [2.45, 2.75) is 135 Å². The Kier molecular flexibility index (Phi) is 7.00. The summed E-state index contributed by atoms with van der Waals surface area (Å²) in [5.74, 6) is 0. The van der Waals surface area contributed by atoms with Crippen LogP contribution in [0.15, 0.2) is 9.21 Å². The van der Waals surface area contributed by atoms with Gasteiger partial charge in [-0.1, -0.05) is 13.8 Å². The summed E-state index contributed by atoms with van der Waals surface area (Å²) in [6, 6.07) is 0. The molecule has 1 aliphatic rings. The van der Waals surface area contributed by atoms with E-state index in [1.807, 2.05) is 0 Å². The fourth-order valence-electron chi connectivity index (χ4n) is 8.92. The Labute approximate surface area is 276 Å². The Hall–Kier alpha value is -3.59. The summed E-state index contributed by atoms with van der Waals surface area (Å²) in [6.07, 6.45) is 0.754. The van der Waals surface area contributed by atoms with E-state index in [2.05, 4.69) is 122 Å². The minimum absolute atomic E-state index is 0.240. The van der Waals surface area contributed by atoms with Gasteiger partial charge in [-0.2, -0.15) is 0 Å². The van der Waals surface area contributed by atoms with E-state index < -0.39 is 5.54 Å². The van der Waals surface area contributed by atoms with Gasteiger partial charge in [0.1, 0.15) is 11.1 Å². The monoisotopic (exact) mass is 615 g/mol. The Morgan fingerprint density at radius 3 is 1.54 bits per heavy atom. The van der Waals surface area contributed by atoms with Gasteiger partial charge in [-0.15, -0.1) is 0 Å². The summed E-state index contributed by atoms with van der Waals surface area (Å²) in [6.45, 7) is 38.6. The van der Waals surface area contributed by atoms with E-state index in [-0.39, 0.29) is 11.0 Å². The van der Waals surface area contributed by atoms with Gasteiger partial charge in [-0.25, -0.2) is 4.79 Å². The van der Waals surface area contributed by atoms with Crippen molar-refractivity contribution >= 4 is 21.9 Å². The van der Waals surface area contributed by atoms with Crippen molar-refractivity contribution in [3.63, 3.8) is 0 Å². The average molecular weight is 616 g/mol. The molecule has 3 heterocycles. The molecule has 0 radical (unpaired) electrons. The van der Waals surface area contributed by atoms with Gasteiger partial charge in [0.25, 0.3) is 0 Å². The lowest BCUT2D eigenvalue weighted by Gasteiger charge is -2.50. The largest absolute Gasteiger partial charge is 0.421 e. The topological polar surface area (TPSA) is 35.1 Å². The van der Waals surface area contributed by atoms with Crippen molar-refractivity contribution in [2.75, 3.05) is 0 Å². The van der Waals surface area contributed by atoms with Crippen LogP contribution < -0.4 is 5.63 Å². The lowest BCUT2D eigenvalue weighted by molar-refractivity contribution is 0.201. The second-order valence-electron chi connectivity index (χ2n) is 15.7. The van der Waals surface area contributed by atoms with Crippen LogP contribution >= 0.6 is 0 Å². The van der Waals surface area contributed by atoms with Gasteiger partial charge in [-0.3, -0.25) is 0 Å². The number of hydrogen-bond donors (Lipinski definition) is 0. The molecule has 3 aromatic carbocycles. The molecule has 0 amide bonds. The van der Waals surface area contributed by atoms with Gasteiger partial charge in [0.05, 0.1) is 5.69 Å².